The van der Waals surface area contributed by atoms with Gasteiger partial charge in [-0.2, -0.15) is 0 Å². The van der Waals surface area contributed by atoms with E-state index >= 15 is 0 Å². The highest BCUT2D eigenvalue weighted by Gasteiger charge is 2.24. The summed E-state index contributed by atoms with van der Waals surface area (Å²) in [5, 5.41) is 23.7. The average molecular weight is 790 g/mol. The smallest absolute Gasteiger partial charge is 0.306 e. The Morgan fingerprint density at radius 2 is 0.893 bits per heavy atom. The fraction of sp³-hybridized carbons (Fsp3) is 0.880. The summed E-state index contributed by atoms with van der Waals surface area (Å²) in [6.07, 6.45) is 49.4. The molecular formula is C50H95NO5. The Morgan fingerprint density at radius 1 is 0.518 bits per heavy atom. The number of carbonyl (C=O) groups is 2. The zero-order chi connectivity index (χ0) is 41.0. The van der Waals surface area contributed by atoms with Crippen LogP contribution >= 0.6 is 0 Å². The molecule has 330 valence electrons. The van der Waals surface area contributed by atoms with E-state index in [1.165, 1.54) is 141 Å². The number of aliphatic hydroxyl groups excluding tert-OH is 2. The van der Waals surface area contributed by atoms with E-state index in [4.69, 9.17) is 4.74 Å². The van der Waals surface area contributed by atoms with Gasteiger partial charge in [0.1, 0.15) is 6.10 Å². The predicted molar refractivity (Wildman–Crippen MR) is 241 cm³/mol. The molecule has 0 heterocycles. The number of aliphatic hydroxyl groups is 2. The molecule has 56 heavy (non-hydrogen) atoms. The molecule has 6 nitrogen and oxygen atoms in total. The molecule has 1 amide bonds. The minimum Gasteiger partial charge on any atom is -0.462 e. The third-order valence-corrected chi connectivity index (χ3v) is 11.3. The van der Waals surface area contributed by atoms with Crippen molar-refractivity contribution in [3.05, 3.63) is 24.3 Å². The van der Waals surface area contributed by atoms with Crippen LogP contribution in [0.4, 0.5) is 0 Å². The predicted octanol–water partition coefficient (Wildman–Crippen LogP) is 14.3. The van der Waals surface area contributed by atoms with Crippen LogP contribution < -0.4 is 5.32 Å². The maximum absolute atomic E-state index is 13.2. The van der Waals surface area contributed by atoms with Crippen molar-refractivity contribution in [1.82, 2.24) is 5.32 Å². The lowest BCUT2D eigenvalue weighted by Crippen LogP contribution is -2.46. The molecular weight excluding hydrogens is 695 g/mol. The van der Waals surface area contributed by atoms with Gasteiger partial charge >= 0.3 is 5.97 Å². The van der Waals surface area contributed by atoms with Crippen molar-refractivity contribution in [3.8, 4) is 0 Å². The van der Waals surface area contributed by atoms with Gasteiger partial charge in [-0.25, -0.2) is 0 Å². The zero-order valence-electron chi connectivity index (χ0n) is 37.5. The van der Waals surface area contributed by atoms with Crippen LogP contribution in [-0.2, 0) is 14.3 Å². The van der Waals surface area contributed by atoms with E-state index in [-0.39, 0.29) is 24.9 Å². The molecule has 0 saturated carbocycles. The Labute approximate surface area is 348 Å². The second kappa shape index (κ2) is 44.4. The number of ether oxygens (including phenoxy) is 1. The molecule has 0 aromatic heterocycles. The van der Waals surface area contributed by atoms with Crippen molar-refractivity contribution in [3.63, 3.8) is 0 Å². The normalized spacial score (nSPS) is 13.4. The van der Waals surface area contributed by atoms with Crippen molar-refractivity contribution in [2.75, 3.05) is 6.61 Å². The van der Waals surface area contributed by atoms with E-state index in [0.717, 1.165) is 70.6 Å². The SMILES string of the molecule is CCCCC/C=C/C=C/CCCCCCC(CC(=O)NC(CO)C(O)CCCCCCCCCCCCCCC)OC(=O)CCCCCCCCCCCCC. The number of nitrogens with one attached hydrogen (secondary N) is 1. The van der Waals surface area contributed by atoms with Gasteiger partial charge in [0.25, 0.3) is 0 Å². The quantitative estimate of drug-likeness (QED) is 0.0324. The number of carbonyl (C=O) groups excluding carboxylic acids is 2. The summed E-state index contributed by atoms with van der Waals surface area (Å²) in [6.45, 7) is 6.44. The van der Waals surface area contributed by atoms with Gasteiger partial charge in [-0.1, -0.05) is 218 Å². The highest BCUT2D eigenvalue weighted by molar-refractivity contribution is 5.77. The fourth-order valence-electron chi connectivity index (χ4n) is 7.54. The number of amides is 1. The Morgan fingerprint density at radius 3 is 1.36 bits per heavy atom. The minimum absolute atomic E-state index is 0.0687. The van der Waals surface area contributed by atoms with Gasteiger partial charge in [0.2, 0.25) is 5.91 Å². The van der Waals surface area contributed by atoms with Crippen molar-refractivity contribution in [2.24, 2.45) is 0 Å². The molecule has 0 aromatic carbocycles. The van der Waals surface area contributed by atoms with E-state index in [1.807, 2.05) is 0 Å². The van der Waals surface area contributed by atoms with Crippen molar-refractivity contribution >= 4 is 11.9 Å². The van der Waals surface area contributed by atoms with Crippen LogP contribution in [0.2, 0.25) is 0 Å². The van der Waals surface area contributed by atoms with Gasteiger partial charge in [-0.3, -0.25) is 9.59 Å². The van der Waals surface area contributed by atoms with E-state index < -0.39 is 18.2 Å². The summed E-state index contributed by atoms with van der Waals surface area (Å²) in [7, 11) is 0. The number of unbranched alkanes of at least 4 members (excludes halogenated alkanes) is 29. The number of hydrogen-bond acceptors (Lipinski definition) is 5. The summed E-state index contributed by atoms with van der Waals surface area (Å²) < 4.78 is 5.91. The first-order chi connectivity index (χ1) is 27.5. The lowest BCUT2D eigenvalue weighted by molar-refractivity contribution is -0.151. The molecule has 0 aliphatic rings. The molecule has 3 unspecified atom stereocenters. The lowest BCUT2D eigenvalue weighted by atomic mass is 10.0. The lowest BCUT2D eigenvalue weighted by Gasteiger charge is -2.24. The Bertz CT molecular complexity index is 889. The molecule has 0 rings (SSSR count). The molecule has 0 bridgehead atoms. The van der Waals surface area contributed by atoms with Gasteiger partial charge in [-0.15, -0.1) is 0 Å². The first-order valence-electron chi connectivity index (χ1n) is 24.6. The number of esters is 1. The standard InChI is InChI=1S/C50H95NO5/c1-4-7-10-13-16-19-22-24-27-29-32-35-38-41-46(56-50(55)43-40-37-34-31-26-21-18-15-12-9-6-3)44-49(54)51-47(45-52)48(53)42-39-36-33-30-28-25-23-20-17-14-11-8-5-2/h16,19,22,24,46-48,52-53H,4-15,17-18,20-21,23,25-45H2,1-3H3,(H,51,54)/b19-16+,24-22+. The highest BCUT2D eigenvalue weighted by Crippen LogP contribution is 2.18. The molecule has 0 fully saturated rings. The van der Waals surface area contributed by atoms with Crippen LogP contribution in [0.5, 0.6) is 0 Å². The first kappa shape index (κ1) is 54.3. The van der Waals surface area contributed by atoms with Gasteiger partial charge in [-0.05, 0) is 51.4 Å². The largest absolute Gasteiger partial charge is 0.462 e. The van der Waals surface area contributed by atoms with Crippen LogP contribution in [0, 0.1) is 0 Å². The molecule has 0 aromatic rings. The van der Waals surface area contributed by atoms with E-state index in [1.54, 1.807) is 0 Å². The topological polar surface area (TPSA) is 95.9 Å². The van der Waals surface area contributed by atoms with Gasteiger partial charge in [0.15, 0.2) is 0 Å². The van der Waals surface area contributed by atoms with Crippen LogP contribution in [0.3, 0.4) is 0 Å². The number of rotatable bonds is 44. The molecule has 6 heteroatoms. The summed E-state index contributed by atoms with van der Waals surface area (Å²) >= 11 is 0. The van der Waals surface area contributed by atoms with Gasteiger partial charge < -0.3 is 20.3 Å². The number of allylic oxidation sites excluding steroid dienone is 4. The van der Waals surface area contributed by atoms with E-state index in [0.29, 0.717) is 19.3 Å². The Balaban J connectivity index is 4.58. The molecule has 0 aliphatic carbocycles. The number of hydrogen-bond donors (Lipinski definition) is 3. The monoisotopic (exact) mass is 790 g/mol. The maximum atomic E-state index is 13.2. The molecule has 0 spiro atoms. The van der Waals surface area contributed by atoms with Crippen LogP contribution in [0.1, 0.15) is 258 Å². The van der Waals surface area contributed by atoms with Crippen molar-refractivity contribution < 1.29 is 24.5 Å². The molecule has 0 aliphatic heterocycles. The Kier molecular flexibility index (Phi) is 43.1. The average Bonchev–Trinajstić information content (AvgIpc) is 3.19. The molecule has 0 saturated heterocycles. The summed E-state index contributed by atoms with van der Waals surface area (Å²) in [5.41, 5.74) is 0. The summed E-state index contributed by atoms with van der Waals surface area (Å²) in [4.78, 5) is 26.0. The van der Waals surface area contributed by atoms with Crippen molar-refractivity contribution in [2.45, 2.75) is 277 Å². The van der Waals surface area contributed by atoms with Crippen LogP contribution in [0.15, 0.2) is 24.3 Å². The summed E-state index contributed by atoms with van der Waals surface area (Å²) in [5.74, 6) is -0.485. The zero-order valence-corrected chi connectivity index (χ0v) is 37.5. The van der Waals surface area contributed by atoms with E-state index in [2.05, 4.69) is 50.4 Å². The third kappa shape index (κ3) is 39.2. The maximum Gasteiger partial charge on any atom is 0.306 e. The van der Waals surface area contributed by atoms with Gasteiger partial charge in [0, 0.05) is 6.42 Å². The Hall–Kier alpha value is -1.66. The van der Waals surface area contributed by atoms with Crippen molar-refractivity contribution in [1.29, 1.82) is 0 Å². The molecule has 0 radical (unpaired) electrons. The molecule has 3 N–H and O–H groups in total. The first-order valence-corrected chi connectivity index (χ1v) is 24.6. The second-order valence-corrected chi connectivity index (χ2v) is 16.9. The second-order valence-electron chi connectivity index (χ2n) is 16.9. The van der Waals surface area contributed by atoms with Crippen LogP contribution in [-0.4, -0.2) is 46.9 Å². The third-order valence-electron chi connectivity index (χ3n) is 11.3. The summed E-state index contributed by atoms with van der Waals surface area (Å²) in [6, 6.07) is -0.702. The highest BCUT2D eigenvalue weighted by atomic mass is 16.5. The fourth-order valence-corrected chi connectivity index (χ4v) is 7.54. The van der Waals surface area contributed by atoms with Crippen LogP contribution in [0.25, 0.3) is 0 Å². The minimum atomic E-state index is -0.788. The molecule has 3 atom stereocenters. The van der Waals surface area contributed by atoms with E-state index in [9.17, 15) is 19.8 Å². The van der Waals surface area contributed by atoms with Gasteiger partial charge in [0.05, 0.1) is 25.2 Å².